The molecule has 1 aliphatic carbocycles. The predicted octanol–water partition coefficient (Wildman–Crippen LogP) is 1.49. The molecule has 1 aliphatic rings. The Morgan fingerprint density at radius 1 is 1.57 bits per heavy atom. The van der Waals surface area contributed by atoms with Crippen molar-refractivity contribution in [1.82, 2.24) is 0 Å². The van der Waals surface area contributed by atoms with Crippen LogP contribution in [0.5, 0.6) is 0 Å². The van der Waals surface area contributed by atoms with E-state index in [-0.39, 0.29) is 0 Å². The normalized spacial score (nSPS) is 22.9. The third kappa shape index (κ3) is 1.02. The maximum Gasteiger partial charge on any atom is 0.0276 e. The summed E-state index contributed by atoms with van der Waals surface area (Å²) < 4.78 is 0. The molecular weight excluding hydrogens is 86.1 g/mol. The van der Waals surface area contributed by atoms with E-state index in [1.165, 1.54) is 18.6 Å². The number of aliphatic imine (C=N–C) groups is 1. The van der Waals surface area contributed by atoms with Gasteiger partial charge in [0.05, 0.1) is 0 Å². The van der Waals surface area contributed by atoms with Crippen molar-refractivity contribution in [1.29, 1.82) is 0 Å². The van der Waals surface area contributed by atoms with E-state index >= 15 is 0 Å². The Kier molecular flexibility index (Phi) is 1.13. The van der Waals surface area contributed by atoms with Gasteiger partial charge in [-0.15, -0.1) is 0 Å². The van der Waals surface area contributed by atoms with Crippen LogP contribution in [-0.4, -0.2) is 12.8 Å². The molecule has 0 aromatic heterocycles. The first-order chi connectivity index (χ1) is 3.34. The summed E-state index contributed by atoms with van der Waals surface area (Å²) in [6.45, 7) is 2.11. The van der Waals surface area contributed by atoms with Crippen LogP contribution in [0.1, 0.15) is 19.8 Å². The molecule has 0 aromatic carbocycles. The highest BCUT2D eigenvalue weighted by Crippen LogP contribution is 2.29. The van der Waals surface area contributed by atoms with Gasteiger partial charge in [0.25, 0.3) is 0 Å². The second-order valence-corrected chi connectivity index (χ2v) is 2.14. The van der Waals surface area contributed by atoms with Gasteiger partial charge in [0, 0.05) is 12.8 Å². The van der Waals surface area contributed by atoms with Gasteiger partial charge in [-0.3, -0.25) is 4.99 Å². The van der Waals surface area contributed by atoms with Crippen LogP contribution >= 0.6 is 0 Å². The van der Waals surface area contributed by atoms with E-state index in [0.717, 1.165) is 5.92 Å². The molecule has 0 N–H and O–H groups in total. The van der Waals surface area contributed by atoms with Crippen molar-refractivity contribution < 1.29 is 0 Å². The number of nitrogens with zero attached hydrogens (tertiary/aromatic N) is 1. The molecule has 1 saturated carbocycles. The van der Waals surface area contributed by atoms with Gasteiger partial charge in [0.1, 0.15) is 0 Å². The van der Waals surface area contributed by atoms with Crippen molar-refractivity contribution in [2.75, 3.05) is 7.05 Å². The number of rotatable bonds is 1. The van der Waals surface area contributed by atoms with Gasteiger partial charge in [-0.1, -0.05) is 0 Å². The van der Waals surface area contributed by atoms with E-state index in [1.807, 2.05) is 7.05 Å². The molecule has 0 heterocycles. The molecule has 0 amide bonds. The molecule has 1 nitrogen and oxygen atoms in total. The molecule has 0 unspecified atom stereocenters. The van der Waals surface area contributed by atoms with Crippen molar-refractivity contribution >= 4 is 5.71 Å². The summed E-state index contributed by atoms with van der Waals surface area (Å²) in [6, 6.07) is 0. The van der Waals surface area contributed by atoms with Crippen molar-refractivity contribution in [3.05, 3.63) is 0 Å². The lowest BCUT2D eigenvalue weighted by molar-refractivity contribution is 1.15. The fourth-order valence-corrected chi connectivity index (χ4v) is 0.684. The Labute approximate surface area is 44.5 Å². The first kappa shape index (κ1) is 4.82. The Morgan fingerprint density at radius 2 is 2.14 bits per heavy atom. The minimum Gasteiger partial charge on any atom is -0.297 e. The maximum atomic E-state index is 4.07. The van der Waals surface area contributed by atoms with Crippen LogP contribution in [0.15, 0.2) is 4.99 Å². The van der Waals surface area contributed by atoms with E-state index in [0.29, 0.717) is 0 Å². The van der Waals surface area contributed by atoms with Crippen LogP contribution in [0.3, 0.4) is 0 Å². The molecule has 0 saturated heterocycles. The average Bonchev–Trinajstić information content (AvgIpc) is 2.44. The quantitative estimate of drug-likeness (QED) is 0.439. The molecular formula is C6H11N. The highest BCUT2D eigenvalue weighted by atomic mass is 14.7. The van der Waals surface area contributed by atoms with Crippen molar-refractivity contribution in [2.24, 2.45) is 10.9 Å². The Morgan fingerprint density at radius 3 is 2.29 bits per heavy atom. The van der Waals surface area contributed by atoms with Gasteiger partial charge in [0.2, 0.25) is 0 Å². The lowest BCUT2D eigenvalue weighted by Crippen LogP contribution is -1.90. The Bertz CT molecular complexity index is 90.4. The van der Waals surface area contributed by atoms with Gasteiger partial charge in [-0.05, 0) is 25.7 Å². The first-order valence-corrected chi connectivity index (χ1v) is 2.78. The van der Waals surface area contributed by atoms with Crippen LogP contribution in [0.25, 0.3) is 0 Å². The second kappa shape index (κ2) is 1.65. The zero-order valence-electron chi connectivity index (χ0n) is 4.94. The third-order valence-corrected chi connectivity index (χ3v) is 1.52. The van der Waals surface area contributed by atoms with Crippen LogP contribution < -0.4 is 0 Å². The first-order valence-electron chi connectivity index (χ1n) is 2.78. The highest BCUT2D eigenvalue weighted by Gasteiger charge is 2.23. The molecule has 0 radical (unpaired) electrons. The van der Waals surface area contributed by atoms with Gasteiger partial charge in [0.15, 0.2) is 0 Å². The fraction of sp³-hybridized carbons (Fsp3) is 0.833. The lowest BCUT2D eigenvalue weighted by atomic mass is 10.3. The summed E-state index contributed by atoms with van der Waals surface area (Å²) in [7, 11) is 1.87. The SMILES string of the molecule is CN=C(C)C1CC1. The molecule has 0 spiro atoms. The van der Waals surface area contributed by atoms with Crippen LogP contribution in [0.4, 0.5) is 0 Å². The van der Waals surface area contributed by atoms with Gasteiger partial charge in [-0.25, -0.2) is 0 Å². The molecule has 1 heteroatoms. The van der Waals surface area contributed by atoms with Crippen LogP contribution in [-0.2, 0) is 0 Å². The van der Waals surface area contributed by atoms with Crippen LogP contribution in [0.2, 0.25) is 0 Å². The second-order valence-electron chi connectivity index (χ2n) is 2.14. The zero-order valence-corrected chi connectivity index (χ0v) is 4.94. The molecule has 1 rings (SSSR count). The molecule has 0 atom stereocenters. The van der Waals surface area contributed by atoms with Gasteiger partial charge in [-0.2, -0.15) is 0 Å². The minimum absolute atomic E-state index is 0.866. The molecule has 0 aliphatic heterocycles. The standard InChI is InChI=1S/C6H11N/c1-5(7-2)6-3-4-6/h6H,3-4H2,1-2H3. The zero-order chi connectivity index (χ0) is 5.28. The molecule has 40 valence electrons. The summed E-state index contributed by atoms with van der Waals surface area (Å²) in [5.74, 6) is 0.866. The molecule has 0 bridgehead atoms. The molecule has 1 fully saturated rings. The summed E-state index contributed by atoms with van der Waals surface area (Å²) >= 11 is 0. The van der Waals surface area contributed by atoms with E-state index in [1.54, 1.807) is 0 Å². The highest BCUT2D eigenvalue weighted by molar-refractivity contribution is 5.86. The summed E-state index contributed by atoms with van der Waals surface area (Å²) in [5, 5.41) is 0. The number of hydrogen-bond donors (Lipinski definition) is 0. The Balaban J connectivity index is 2.37. The number of hydrogen-bond acceptors (Lipinski definition) is 1. The maximum absolute atomic E-state index is 4.07. The summed E-state index contributed by atoms with van der Waals surface area (Å²) in [6.07, 6.45) is 2.76. The smallest absolute Gasteiger partial charge is 0.0276 e. The van der Waals surface area contributed by atoms with E-state index in [4.69, 9.17) is 0 Å². The van der Waals surface area contributed by atoms with E-state index in [9.17, 15) is 0 Å². The minimum atomic E-state index is 0.866. The topological polar surface area (TPSA) is 12.4 Å². The monoisotopic (exact) mass is 97.1 g/mol. The van der Waals surface area contributed by atoms with Gasteiger partial charge < -0.3 is 0 Å². The van der Waals surface area contributed by atoms with Crippen molar-refractivity contribution in [3.63, 3.8) is 0 Å². The molecule has 0 aromatic rings. The van der Waals surface area contributed by atoms with Gasteiger partial charge >= 0.3 is 0 Å². The van der Waals surface area contributed by atoms with Crippen LogP contribution in [0, 0.1) is 5.92 Å². The lowest BCUT2D eigenvalue weighted by Gasteiger charge is -1.87. The predicted molar refractivity (Wildman–Crippen MR) is 31.8 cm³/mol. The third-order valence-electron chi connectivity index (χ3n) is 1.52. The van der Waals surface area contributed by atoms with Crippen molar-refractivity contribution in [3.8, 4) is 0 Å². The summed E-state index contributed by atoms with van der Waals surface area (Å²) in [4.78, 5) is 4.07. The Hall–Kier alpha value is -0.330. The average molecular weight is 97.2 g/mol. The largest absolute Gasteiger partial charge is 0.297 e. The fourth-order valence-electron chi connectivity index (χ4n) is 0.684. The van der Waals surface area contributed by atoms with E-state index < -0.39 is 0 Å². The van der Waals surface area contributed by atoms with Crippen molar-refractivity contribution in [2.45, 2.75) is 19.8 Å². The van der Waals surface area contributed by atoms with E-state index in [2.05, 4.69) is 11.9 Å². The summed E-state index contributed by atoms with van der Waals surface area (Å²) in [5.41, 5.74) is 1.33. The molecule has 7 heavy (non-hydrogen) atoms.